The molecule has 1 unspecified atom stereocenters. The van der Waals surface area contributed by atoms with Crippen molar-refractivity contribution in [1.82, 2.24) is 4.98 Å². The molecule has 0 aliphatic carbocycles. The maximum atomic E-state index is 11.4. The molecule has 0 spiro atoms. The van der Waals surface area contributed by atoms with Gasteiger partial charge in [0.15, 0.2) is 0 Å². The molecule has 1 atom stereocenters. The third-order valence-electron chi connectivity index (χ3n) is 5.84. The van der Waals surface area contributed by atoms with E-state index in [1.54, 1.807) is 7.11 Å². The highest BCUT2D eigenvalue weighted by Gasteiger charge is 2.33. The molecule has 3 aromatic carbocycles. The molecule has 0 amide bonds. The van der Waals surface area contributed by atoms with Gasteiger partial charge in [0.25, 0.3) is 6.29 Å². The van der Waals surface area contributed by atoms with Crippen LogP contribution in [0.25, 0.3) is 21.8 Å². The first kappa shape index (κ1) is 23.2. The quantitative estimate of drug-likeness (QED) is 0.341. The van der Waals surface area contributed by atoms with Crippen LogP contribution in [0.3, 0.4) is 0 Å². The van der Waals surface area contributed by atoms with Gasteiger partial charge in [-0.2, -0.15) is 0 Å². The Labute approximate surface area is 198 Å². The first-order valence-electron chi connectivity index (χ1n) is 11.1. The number of nitrogens with one attached hydrogen (secondary N) is 1. The molecule has 1 aromatic heterocycles. The number of H-pyrrole nitrogens is 1. The minimum atomic E-state index is -0.869. The summed E-state index contributed by atoms with van der Waals surface area (Å²) in [7, 11) is 5.70. The van der Waals surface area contributed by atoms with Crippen LogP contribution in [-0.4, -0.2) is 44.4 Å². The van der Waals surface area contributed by atoms with Crippen LogP contribution in [-0.2, 0) is 19.1 Å². The summed E-state index contributed by atoms with van der Waals surface area (Å²) >= 11 is 0. The molecule has 5 rings (SSSR count). The van der Waals surface area contributed by atoms with Crippen LogP contribution in [0.15, 0.2) is 66.7 Å². The zero-order valence-corrected chi connectivity index (χ0v) is 19.7. The first-order valence-corrected chi connectivity index (χ1v) is 11.1. The van der Waals surface area contributed by atoms with E-state index in [1.165, 1.54) is 5.69 Å². The molecular formula is C27H28N2O5. The molecule has 0 radical (unpaired) electrons. The van der Waals surface area contributed by atoms with Crippen LogP contribution in [0.5, 0.6) is 5.75 Å². The summed E-state index contributed by atoms with van der Waals surface area (Å²) in [6, 6.07) is 22.0. The number of carbonyl (C=O) groups is 2. The number of nitrogens with zero attached hydrogens (tertiary/aromatic N) is 1. The van der Waals surface area contributed by atoms with E-state index < -0.39 is 18.2 Å². The maximum absolute atomic E-state index is 11.4. The number of rotatable bonds is 4. The summed E-state index contributed by atoms with van der Waals surface area (Å²) in [6.45, 7) is 1.88. The zero-order chi connectivity index (χ0) is 24.2. The van der Waals surface area contributed by atoms with Gasteiger partial charge < -0.3 is 24.1 Å². The predicted molar refractivity (Wildman–Crippen MR) is 132 cm³/mol. The zero-order valence-electron chi connectivity index (χ0n) is 19.7. The summed E-state index contributed by atoms with van der Waals surface area (Å²) in [5, 5.41) is 2.23. The molecular weight excluding hydrogens is 432 g/mol. The van der Waals surface area contributed by atoms with Crippen LogP contribution in [0.4, 0.5) is 5.69 Å². The smallest absolute Gasteiger partial charge is 0.320 e. The van der Waals surface area contributed by atoms with Crippen molar-refractivity contribution in [3.63, 3.8) is 0 Å². The molecule has 1 aliphatic heterocycles. The highest BCUT2D eigenvalue weighted by atomic mass is 16.7. The molecule has 34 heavy (non-hydrogen) atoms. The SMILES string of the molecule is CC(c1ccc2[nH]c3ccccc3c2c1)C1OC(=O)CC(=O)O1.COc1ccc(N(C)C)cc1. The molecule has 1 saturated heterocycles. The van der Waals surface area contributed by atoms with Crippen molar-refractivity contribution >= 4 is 39.4 Å². The van der Waals surface area contributed by atoms with Gasteiger partial charge in [-0.05, 0) is 48.0 Å². The average molecular weight is 461 g/mol. The van der Waals surface area contributed by atoms with Gasteiger partial charge in [-0.1, -0.05) is 31.2 Å². The highest BCUT2D eigenvalue weighted by molar-refractivity contribution is 6.07. The van der Waals surface area contributed by atoms with Gasteiger partial charge in [0.2, 0.25) is 0 Å². The number of anilines is 1. The minimum absolute atomic E-state index is 0.235. The molecule has 7 nitrogen and oxygen atoms in total. The number of methoxy groups -OCH3 is 1. The van der Waals surface area contributed by atoms with Gasteiger partial charge in [-0.25, -0.2) is 0 Å². The van der Waals surface area contributed by atoms with E-state index in [1.807, 2.05) is 75.6 Å². The Morgan fingerprint density at radius 2 is 1.56 bits per heavy atom. The van der Waals surface area contributed by atoms with Crippen LogP contribution in [0.2, 0.25) is 0 Å². The average Bonchev–Trinajstić information content (AvgIpc) is 3.21. The second kappa shape index (κ2) is 9.87. The van der Waals surface area contributed by atoms with Gasteiger partial charge in [0, 0.05) is 41.6 Å². The number of benzene rings is 3. The lowest BCUT2D eigenvalue weighted by atomic mass is 9.98. The first-order chi connectivity index (χ1) is 16.4. The third kappa shape index (κ3) is 4.98. The van der Waals surface area contributed by atoms with E-state index in [4.69, 9.17) is 14.2 Å². The number of ether oxygens (including phenoxy) is 3. The fourth-order valence-corrected chi connectivity index (χ4v) is 3.87. The molecule has 1 fully saturated rings. The number of carbonyl (C=O) groups excluding carboxylic acids is 2. The second-order valence-corrected chi connectivity index (χ2v) is 8.38. The van der Waals surface area contributed by atoms with Gasteiger partial charge in [-0.3, -0.25) is 9.59 Å². The number of hydrogen-bond acceptors (Lipinski definition) is 6. The summed E-state index contributed by atoms with van der Waals surface area (Å²) in [6.07, 6.45) is -1.18. The molecule has 0 bridgehead atoms. The van der Waals surface area contributed by atoms with Gasteiger partial charge in [0.1, 0.15) is 12.2 Å². The van der Waals surface area contributed by atoms with Gasteiger partial charge in [-0.15, -0.1) is 0 Å². The van der Waals surface area contributed by atoms with Gasteiger partial charge >= 0.3 is 11.9 Å². The standard InChI is InChI=1S/C18H15NO4.C9H13NO/c1-10(18-22-16(20)9-17(21)23-18)11-6-7-15-13(8-11)12-4-2-3-5-14(12)19-15;1-10(2)8-4-6-9(11-3)7-5-8/h2-8,10,18-19H,9H2,1H3;4-7H,1-3H3. The van der Waals surface area contributed by atoms with Crippen molar-refractivity contribution in [2.24, 2.45) is 0 Å². The predicted octanol–water partition coefficient (Wildman–Crippen LogP) is 5.00. The molecule has 1 aliphatic rings. The van der Waals surface area contributed by atoms with E-state index in [0.29, 0.717) is 0 Å². The molecule has 0 saturated carbocycles. The van der Waals surface area contributed by atoms with Crippen molar-refractivity contribution in [2.75, 3.05) is 26.1 Å². The van der Waals surface area contributed by atoms with Gasteiger partial charge in [0.05, 0.1) is 13.0 Å². The van der Waals surface area contributed by atoms with E-state index in [0.717, 1.165) is 33.1 Å². The second-order valence-electron chi connectivity index (χ2n) is 8.38. The molecule has 7 heteroatoms. The molecule has 4 aromatic rings. The number of aromatic nitrogens is 1. The van der Waals surface area contributed by atoms with Crippen molar-refractivity contribution in [2.45, 2.75) is 25.6 Å². The number of cyclic esters (lactones) is 2. The fourth-order valence-electron chi connectivity index (χ4n) is 3.87. The van der Waals surface area contributed by atoms with Crippen LogP contribution >= 0.6 is 0 Å². The topological polar surface area (TPSA) is 80.9 Å². The maximum Gasteiger partial charge on any atom is 0.320 e. The number of fused-ring (bicyclic) bond motifs is 3. The van der Waals surface area contributed by atoms with Crippen LogP contribution in [0, 0.1) is 0 Å². The number of aromatic amines is 1. The van der Waals surface area contributed by atoms with Crippen molar-refractivity contribution in [3.8, 4) is 5.75 Å². The largest absolute Gasteiger partial charge is 0.497 e. The number of esters is 2. The molecule has 2 heterocycles. The van der Waals surface area contributed by atoms with E-state index in [-0.39, 0.29) is 12.3 Å². The van der Waals surface area contributed by atoms with Crippen molar-refractivity contribution in [3.05, 3.63) is 72.3 Å². The van der Waals surface area contributed by atoms with Crippen LogP contribution < -0.4 is 9.64 Å². The normalized spacial score (nSPS) is 14.7. The Hall–Kier alpha value is -4.00. The lowest BCUT2D eigenvalue weighted by Crippen LogP contribution is -2.35. The van der Waals surface area contributed by atoms with Crippen molar-refractivity contribution < 1.29 is 23.8 Å². The summed E-state index contributed by atoms with van der Waals surface area (Å²) in [4.78, 5) is 28.3. The van der Waals surface area contributed by atoms with Crippen molar-refractivity contribution in [1.29, 1.82) is 0 Å². The molecule has 1 N–H and O–H groups in total. The summed E-state index contributed by atoms with van der Waals surface area (Å²) in [5.74, 6) is -0.408. The Kier molecular flexibility index (Phi) is 6.72. The van der Waals surface area contributed by atoms with E-state index in [2.05, 4.69) is 22.0 Å². The number of hydrogen-bond donors (Lipinski definition) is 1. The Morgan fingerprint density at radius 1 is 0.912 bits per heavy atom. The lowest BCUT2D eigenvalue weighted by molar-refractivity contribution is -0.206. The minimum Gasteiger partial charge on any atom is -0.497 e. The highest BCUT2D eigenvalue weighted by Crippen LogP contribution is 2.31. The lowest BCUT2D eigenvalue weighted by Gasteiger charge is -2.27. The summed E-state index contributed by atoms with van der Waals surface area (Å²) in [5.41, 5.74) is 4.25. The monoisotopic (exact) mass is 460 g/mol. The van der Waals surface area contributed by atoms with E-state index >= 15 is 0 Å². The third-order valence-corrected chi connectivity index (χ3v) is 5.84. The molecule has 176 valence electrons. The Bertz CT molecular complexity index is 1290. The Balaban J connectivity index is 0.000000210. The number of para-hydroxylation sites is 1. The Morgan fingerprint density at radius 3 is 2.21 bits per heavy atom. The summed E-state index contributed by atoms with van der Waals surface area (Å²) < 4.78 is 15.4. The van der Waals surface area contributed by atoms with E-state index in [9.17, 15) is 9.59 Å². The van der Waals surface area contributed by atoms with Crippen LogP contribution in [0.1, 0.15) is 24.8 Å². The fraction of sp³-hybridized carbons (Fsp3) is 0.259.